The van der Waals surface area contributed by atoms with Crippen LogP contribution in [0.2, 0.25) is 0 Å². The summed E-state index contributed by atoms with van der Waals surface area (Å²) in [4.78, 5) is 10.6. The number of ether oxygens (including phenoxy) is 1. The SMILES string of the molecule is CC(C)(C)Oc1ccc(C(=O)O)cc1.Cl.Cl. The second-order valence-corrected chi connectivity index (χ2v) is 4.04. The van der Waals surface area contributed by atoms with Crippen molar-refractivity contribution in [2.75, 3.05) is 0 Å². The number of hydrogen-bond acceptors (Lipinski definition) is 2. The molecule has 1 aromatic carbocycles. The van der Waals surface area contributed by atoms with E-state index in [1.807, 2.05) is 20.8 Å². The lowest BCUT2D eigenvalue weighted by atomic mass is 10.2. The van der Waals surface area contributed by atoms with Crippen molar-refractivity contribution < 1.29 is 14.6 Å². The second-order valence-electron chi connectivity index (χ2n) is 4.04. The molecular weight excluding hydrogens is 251 g/mol. The lowest BCUT2D eigenvalue weighted by molar-refractivity contribution is 0.0697. The molecule has 3 nitrogen and oxygen atoms in total. The van der Waals surface area contributed by atoms with Crippen molar-refractivity contribution in [3.8, 4) is 5.75 Å². The monoisotopic (exact) mass is 266 g/mol. The molecule has 0 radical (unpaired) electrons. The van der Waals surface area contributed by atoms with E-state index in [4.69, 9.17) is 9.84 Å². The van der Waals surface area contributed by atoms with E-state index in [9.17, 15) is 4.79 Å². The fraction of sp³-hybridized carbons (Fsp3) is 0.364. The molecule has 0 atom stereocenters. The Bertz CT molecular complexity index is 328. The maximum absolute atomic E-state index is 10.6. The van der Waals surface area contributed by atoms with Gasteiger partial charge >= 0.3 is 5.97 Å². The molecule has 0 spiro atoms. The van der Waals surface area contributed by atoms with Gasteiger partial charge in [0.15, 0.2) is 0 Å². The molecule has 0 aliphatic heterocycles. The molecule has 0 saturated heterocycles. The van der Waals surface area contributed by atoms with Crippen LogP contribution in [0.1, 0.15) is 31.1 Å². The molecule has 5 heteroatoms. The molecule has 92 valence electrons. The summed E-state index contributed by atoms with van der Waals surface area (Å²) in [5.74, 6) is -0.241. The van der Waals surface area contributed by atoms with Gasteiger partial charge in [-0.25, -0.2) is 4.79 Å². The van der Waals surface area contributed by atoms with E-state index in [1.165, 1.54) is 12.1 Å². The minimum absolute atomic E-state index is 0. The molecule has 1 rings (SSSR count). The first-order chi connectivity index (χ1) is 6.38. The molecule has 0 saturated carbocycles. The molecule has 0 unspecified atom stereocenters. The summed E-state index contributed by atoms with van der Waals surface area (Å²) in [6, 6.07) is 6.39. The summed E-state index contributed by atoms with van der Waals surface area (Å²) in [6.07, 6.45) is 0. The van der Waals surface area contributed by atoms with Gasteiger partial charge in [-0.15, -0.1) is 24.8 Å². The van der Waals surface area contributed by atoms with Crippen LogP contribution in [-0.4, -0.2) is 16.7 Å². The summed E-state index contributed by atoms with van der Waals surface area (Å²) in [5, 5.41) is 8.67. The van der Waals surface area contributed by atoms with Crippen LogP contribution >= 0.6 is 24.8 Å². The Morgan fingerprint density at radius 1 is 1.12 bits per heavy atom. The van der Waals surface area contributed by atoms with Crippen LogP contribution < -0.4 is 4.74 Å². The molecule has 0 amide bonds. The summed E-state index contributed by atoms with van der Waals surface area (Å²) in [6.45, 7) is 5.83. The number of benzene rings is 1. The van der Waals surface area contributed by atoms with Crippen LogP contribution in [0.3, 0.4) is 0 Å². The summed E-state index contributed by atoms with van der Waals surface area (Å²) >= 11 is 0. The lowest BCUT2D eigenvalue weighted by Crippen LogP contribution is -2.22. The number of hydrogen-bond donors (Lipinski definition) is 1. The van der Waals surface area contributed by atoms with Gasteiger partial charge in [0.05, 0.1) is 5.56 Å². The topological polar surface area (TPSA) is 46.5 Å². The Balaban J connectivity index is 0. The van der Waals surface area contributed by atoms with Gasteiger partial charge in [0.1, 0.15) is 11.4 Å². The van der Waals surface area contributed by atoms with Crippen molar-refractivity contribution >= 4 is 30.8 Å². The Labute approximate surface area is 108 Å². The maximum atomic E-state index is 10.6. The third kappa shape index (κ3) is 5.83. The average Bonchev–Trinajstić information content (AvgIpc) is 2.02. The zero-order chi connectivity index (χ0) is 10.8. The predicted molar refractivity (Wildman–Crippen MR) is 68.3 cm³/mol. The number of carboxylic acid groups (broad SMARTS) is 1. The number of aromatic carboxylic acids is 1. The average molecular weight is 267 g/mol. The number of carboxylic acids is 1. The number of halogens is 2. The zero-order valence-corrected chi connectivity index (χ0v) is 11.0. The largest absolute Gasteiger partial charge is 0.488 e. The molecule has 16 heavy (non-hydrogen) atoms. The fourth-order valence-electron chi connectivity index (χ4n) is 1.02. The highest BCUT2D eigenvalue weighted by Crippen LogP contribution is 2.18. The summed E-state index contributed by atoms with van der Waals surface area (Å²) in [5.41, 5.74) is 0.0105. The van der Waals surface area contributed by atoms with Crippen LogP contribution in [0.4, 0.5) is 0 Å². The normalized spacial score (nSPS) is 9.69. The second kappa shape index (κ2) is 6.61. The highest BCUT2D eigenvalue weighted by Gasteiger charge is 2.11. The first-order valence-electron chi connectivity index (χ1n) is 4.41. The van der Waals surface area contributed by atoms with Crippen molar-refractivity contribution in [1.82, 2.24) is 0 Å². The van der Waals surface area contributed by atoms with E-state index in [1.54, 1.807) is 12.1 Å². The third-order valence-corrected chi connectivity index (χ3v) is 1.53. The Kier molecular flexibility index (Phi) is 7.21. The van der Waals surface area contributed by atoms with Gasteiger partial charge < -0.3 is 9.84 Å². The van der Waals surface area contributed by atoms with Crippen LogP contribution in [0, 0.1) is 0 Å². The van der Waals surface area contributed by atoms with E-state index in [0.717, 1.165) is 0 Å². The third-order valence-electron chi connectivity index (χ3n) is 1.53. The van der Waals surface area contributed by atoms with Crippen LogP contribution in [0.5, 0.6) is 5.75 Å². The van der Waals surface area contributed by atoms with Crippen LogP contribution in [0.25, 0.3) is 0 Å². The Hall–Kier alpha value is -0.930. The standard InChI is InChI=1S/C11H14O3.2ClH/c1-11(2,3)14-9-6-4-8(5-7-9)10(12)13;;/h4-7H,1-3H3,(H,12,13);2*1H. The molecule has 0 bridgehead atoms. The molecule has 0 aromatic heterocycles. The molecule has 0 fully saturated rings. The van der Waals surface area contributed by atoms with Gasteiger partial charge in [-0.05, 0) is 45.0 Å². The van der Waals surface area contributed by atoms with Gasteiger partial charge in [0.2, 0.25) is 0 Å². The van der Waals surface area contributed by atoms with E-state index < -0.39 is 5.97 Å². The Morgan fingerprint density at radius 3 is 1.88 bits per heavy atom. The molecular formula is C11H16Cl2O3. The minimum atomic E-state index is -0.924. The first kappa shape index (κ1) is 17.5. The van der Waals surface area contributed by atoms with E-state index >= 15 is 0 Å². The fourth-order valence-corrected chi connectivity index (χ4v) is 1.02. The first-order valence-corrected chi connectivity index (χ1v) is 4.41. The van der Waals surface area contributed by atoms with Crippen LogP contribution in [-0.2, 0) is 0 Å². The van der Waals surface area contributed by atoms with Gasteiger partial charge in [-0.2, -0.15) is 0 Å². The van der Waals surface area contributed by atoms with Gasteiger partial charge in [-0.3, -0.25) is 0 Å². The predicted octanol–water partition coefficient (Wildman–Crippen LogP) is 3.41. The highest BCUT2D eigenvalue weighted by molar-refractivity contribution is 5.87. The Morgan fingerprint density at radius 2 is 1.56 bits per heavy atom. The van der Waals surface area contributed by atoms with Crippen LogP contribution in [0.15, 0.2) is 24.3 Å². The van der Waals surface area contributed by atoms with Gasteiger partial charge in [0.25, 0.3) is 0 Å². The quantitative estimate of drug-likeness (QED) is 0.893. The summed E-state index contributed by atoms with van der Waals surface area (Å²) < 4.78 is 5.54. The molecule has 0 aliphatic rings. The van der Waals surface area contributed by atoms with Crippen molar-refractivity contribution in [2.24, 2.45) is 0 Å². The van der Waals surface area contributed by atoms with E-state index in [-0.39, 0.29) is 36.0 Å². The zero-order valence-electron chi connectivity index (χ0n) is 9.39. The van der Waals surface area contributed by atoms with Crippen molar-refractivity contribution in [1.29, 1.82) is 0 Å². The minimum Gasteiger partial charge on any atom is -0.488 e. The van der Waals surface area contributed by atoms with Gasteiger partial charge in [0, 0.05) is 0 Å². The van der Waals surface area contributed by atoms with Crippen molar-refractivity contribution in [3.05, 3.63) is 29.8 Å². The highest BCUT2D eigenvalue weighted by atomic mass is 35.5. The van der Waals surface area contributed by atoms with E-state index in [2.05, 4.69) is 0 Å². The summed E-state index contributed by atoms with van der Waals surface area (Å²) in [7, 11) is 0. The number of carbonyl (C=O) groups is 1. The van der Waals surface area contributed by atoms with Gasteiger partial charge in [-0.1, -0.05) is 0 Å². The molecule has 0 heterocycles. The lowest BCUT2D eigenvalue weighted by Gasteiger charge is -2.21. The smallest absolute Gasteiger partial charge is 0.335 e. The molecule has 0 aliphatic carbocycles. The van der Waals surface area contributed by atoms with Crippen molar-refractivity contribution in [3.63, 3.8) is 0 Å². The van der Waals surface area contributed by atoms with E-state index in [0.29, 0.717) is 5.75 Å². The maximum Gasteiger partial charge on any atom is 0.335 e. The molecule has 1 aromatic rings. The molecule has 1 N–H and O–H groups in total. The van der Waals surface area contributed by atoms with Crippen molar-refractivity contribution in [2.45, 2.75) is 26.4 Å². The number of rotatable bonds is 2.